The van der Waals surface area contributed by atoms with Crippen molar-refractivity contribution in [3.8, 4) is 78.6 Å². The van der Waals surface area contributed by atoms with E-state index in [-0.39, 0.29) is 55.0 Å². The van der Waals surface area contributed by atoms with Crippen LogP contribution in [0, 0.1) is 6.07 Å². The average molecular weight is 1120 g/mol. The van der Waals surface area contributed by atoms with E-state index in [4.69, 9.17) is 22.3 Å². The molecule has 0 saturated heterocycles. The van der Waals surface area contributed by atoms with Crippen LogP contribution in [0.25, 0.3) is 83.9 Å². The summed E-state index contributed by atoms with van der Waals surface area (Å²) in [6, 6.07) is 53.2. The number of aromatic hydroxyl groups is 1. The van der Waals surface area contributed by atoms with E-state index in [1.165, 1.54) is 17.7 Å². The fourth-order valence-electron chi connectivity index (χ4n) is 9.26. The molecule has 5 heteroatoms. The fraction of sp³-hybridized carbons (Fsp3) is 0.273. The monoisotopic (exact) mass is 1120 g/mol. The summed E-state index contributed by atoms with van der Waals surface area (Å²) in [5.74, 6) is 0.968. The molecule has 0 radical (unpaired) electrons. The standard InChI is InChI=1S/C66H68N3O.Pt/c1-41(2)47-37-56(42(3)4)62(70)57(38-47)63-68-61-55(20-17-21-59(61)69(63)60-40-53(66(11,12)13)30-31-54(60)45-24-28-52(29-25-45)65(8,9)10)49-34-48(43-18-15-14-16-19-43)35-50(36-49)58-39-46(32-33-67-58)44-22-26-51(27-23-44)64(5,6)7;/h14-35,37-42,70H,1-13H3;/q-1;/i5D3,6D3,7D3;. The van der Waals surface area contributed by atoms with E-state index >= 15 is 0 Å². The largest absolute Gasteiger partial charge is 0.507 e. The topological polar surface area (TPSA) is 50.9 Å². The number of rotatable bonds is 9. The number of hydrogen-bond acceptors (Lipinski definition) is 3. The van der Waals surface area contributed by atoms with Gasteiger partial charge in [0, 0.05) is 50.9 Å². The molecule has 9 rings (SSSR count). The molecule has 4 nitrogen and oxygen atoms in total. The Bertz CT molecular complexity index is 3680. The summed E-state index contributed by atoms with van der Waals surface area (Å²) in [4.78, 5) is 10.5. The Hall–Kier alpha value is -6.35. The normalized spacial score (nSPS) is 14.6. The molecule has 0 spiro atoms. The second-order valence-electron chi connectivity index (χ2n) is 21.4. The molecule has 0 atom stereocenters. The summed E-state index contributed by atoms with van der Waals surface area (Å²) < 4.78 is 76.5. The Labute approximate surface area is 450 Å². The van der Waals surface area contributed by atoms with Crippen molar-refractivity contribution >= 4 is 11.0 Å². The molecule has 9 aromatic rings. The number of fused-ring (bicyclic) bond motifs is 1. The molecule has 0 bridgehead atoms. The molecular formula is C66H68N3OPt-. The molecule has 0 fully saturated rings. The molecule has 2 aromatic heterocycles. The van der Waals surface area contributed by atoms with Crippen molar-refractivity contribution in [3.63, 3.8) is 0 Å². The van der Waals surface area contributed by atoms with E-state index in [0.29, 0.717) is 39.3 Å². The van der Waals surface area contributed by atoms with Crippen LogP contribution in [-0.2, 0) is 37.3 Å². The summed E-state index contributed by atoms with van der Waals surface area (Å²) in [5, 5.41) is 12.5. The van der Waals surface area contributed by atoms with Gasteiger partial charge in [-0.3, -0.25) is 9.55 Å². The van der Waals surface area contributed by atoms with Crippen molar-refractivity contribution in [1.29, 1.82) is 0 Å². The third-order valence-electron chi connectivity index (χ3n) is 13.5. The molecule has 0 amide bonds. The molecule has 0 saturated carbocycles. The summed E-state index contributed by atoms with van der Waals surface area (Å²) in [6.45, 7) is 11.7. The molecule has 7 aromatic carbocycles. The Morgan fingerprint density at radius 1 is 0.535 bits per heavy atom. The van der Waals surface area contributed by atoms with Gasteiger partial charge in [-0.2, -0.15) is 0 Å². The zero-order chi connectivity index (χ0) is 57.4. The van der Waals surface area contributed by atoms with Crippen molar-refractivity contribution in [2.24, 2.45) is 0 Å². The van der Waals surface area contributed by atoms with Crippen LogP contribution in [0.1, 0.15) is 142 Å². The van der Waals surface area contributed by atoms with E-state index < -0.39 is 26.0 Å². The summed E-state index contributed by atoms with van der Waals surface area (Å²) in [5.41, 5.74) is 11.6. The SMILES string of the molecule is [2H]C([2H])([2H])C(c1ccc(-c2ccnc(-c3[c-]c(-c4cccc5c4nc(-c4cc(C(C)C)cc(C(C)C)c4O)n5-c4cc(C(C)(C)C)ccc4-c4ccc(C(C)(C)C)cc4)cc(-c4ccccc4)c3)c2)cc1)(C([2H])([2H])[2H])C([2H])([2H])[2H].[Pt]. The quantitative estimate of drug-likeness (QED) is 0.147. The number of imidazole rings is 1. The second kappa shape index (κ2) is 19.7. The molecular weight excluding hydrogens is 1050 g/mol. The van der Waals surface area contributed by atoms with Crippen LogP contribution in [0.5, 0.6) is 5.75 Å². The minimum absolute atomic E-state index is 0. The van der Waals surface area contributed by atoms with Crippen LogP contribution in [0.15, 0.2) is 158 Å². The number of benzene rings is 7. The van der Waals surface area contributed by atoms with Gasteiger partial charge in [-0.05, 0) is 102 Å². The first-order valence-corrected chi connectivity index (χ1v) is 24.3. The number of phenols is 1. The molecule has 2 heterocycles. The minimum atomic E-state index is -3.38. The van der Waals surface area contributed by atoms with Crippen molar-refractivity contribution in [2.75, 3.05) is 0 Å². The number of phenolic OH excluding ortho intramolecular Hbond substituents is 1. The van der Waals surface area contributed by atoms with Gasteiger partial charge in [-0.15, -0.1) is 23.8 Å². The second-order valence-corrected chi connectivity index (χ2v) is 21.4. The zero-order valence-corrected chi connectivity index (χ0v) is 44.5. The Morgan fingerprint density at radius 2 is 1.15 bits per heavy atom. The first-order valence-electron chi connectivity index (χ1n) is 28.8. The van der Waals surface area contributed by atoms with Crippen molar-refractivity contribution in [1.82, 2.24) is 14.5 Å². The van der Waals surface area contributed by atoms with E-state index in [2.05, 4.69) is 153 Å². The Balaban J connectivity index is 0.00000841. The van der Waals surface area contributed by atoms with Gasteiger partial charge in [0.2, 0.25) is 0 Å². The van der Waals surface area contributed by atoms with Crippen LogP contribution in [0.2, 0.25) is 0 Å². The third-order valence-corrected chi connectivity index (χ3v) is 13.5. The van der Waals surface area contributed by atoms with Gasteiger partial charge in [-0.1, -0.05) is 222 Å². The van der Waals surface area contributed by atoms with Crippen molar-refractivity contribution in [2.45, 2.75) is 118 Å². The first kappa shape index (κ1) is 40.3. The minimum Gasteiger partial charge on any atom is -0.507 e. The van der Waals surface area contributed by atoms with Crippen LogP contribution in [0.3, 0.4) is 0 Å². The summed E-state index contributed by atoms with van der Waals surface area (Å²) in [6.07, 6.45) is 1.66. The zero-order valence-electron chi connectivity index (χ0n) is 51.3. The van der Waals surface area contributed by atoms with Crippen LogP contribution in [-0.4, -0.2) is 19.6 Å². The smallest absolute Gasteiger partial charge is 0.148 e. The van der Waals surface area contributed by atoms with Gasteiger partial charge < -0.3 is 5.11 Å². The van der Waals surface area contributed by atoms with Gasteiger partial charge in [0.15, 0.2) is 0 Å². The number of aromatic nitrogens is 3. The predicted molar refractivity (Wildman–Crippen MR) is 296 cm³/mol. The molecule has 1 N–H and O–H groups in total. The summed E-state index contributed by atoms with van der Waals surface area (Å²) >= 11 is 0. The number of para-hydroxylation sites is 1. The maximum absolute atomic E-state index is 12.5. The molecule has 364 valence electrons. The summed E-state index contributed by atoms with van der Waals surface area (Å²) in [7, 11) is 0. The third kappa shape index (κ3) is 10.4. The Kier molecular flexibility index (Phi) is 11.2. The number of nitrogens with zero attached hydrogens (tertiary/aromatic N) is 3. The van der Waals surface area contributed by atoms with Gasteiger partial charge in [0.05, 0.1) is 22.3 Å². The molecule has 0 aliphatic carbocycles. The maximum Gasteiger partial charge on any atom is 0.148 e. The molecule has 0 aliphatic heterocycles. The van der Waals surface area contributed by atoms with E-state index in [1.54, 1.807) is 24.4 Å². The molecule has 71 heavy (non-hydrogen) atoms. The van der Waals surface area contributed by atoms with Crippen molar-refractivity contribution < 1.29 is 38.5 Å². The van der Waals surface area contributed by atoms with Crippen molar-refractivity contribution in [3.05, 3.63) is 192 Å². The molecule has 0 unspecified atom stereocenters. The molecule has 0 aliphatic rings. The van der Waals surface area contributed by atoms with Gasteiger partial charge in [0.25, 0.3) is 0 Å². The predicted octanol–water partition coefficient (Wildman–Crippen LogP) is 18.1. The van der Waals surface area contributed by atoms with Crippen LogP contribution in [0.4, 0.5) is 0 Å². The van der Waals surface area contributed by atoms with Gasteiger partial charge in [-0.25, -0.2) is 4.98 Å². The van der Waals surface area contributed by atoms with E-state index in [9.17, 15) is 5.11 Å². The van der Waals surface area contributed by atoms with E-state index in [1.807, 2.05) is 48.5 Å². The van der Waals surface area contributed by atoms with Crippen LogP contribution < -0.4 is 0 Å². The average Bonchev–Trinajstić information content (AvgIpc) is 3.71. The van der Waals surface area contributed by atoms with E-state index in [0.717, 1.165) is 61.3 Å². The van der Waals surface area contributed by atoms with Crippen LogP contribution >= 0.6 is 0 Å². The van der Waals surface area contributed by atoms with Gasteiger partial charge in [0.1, 0.15) is 11.6 Å². The maximum atomic E-state index is 12.5. The Morgan fingerprint density at radius 3 is 1.79 bits per heavy atom. The number of hydrogen-bond donors (Lipinski definition) is 1. The fourth-order valence-corrected chi connectivity index (χ4v) is 9.26. The first-order chi connectivity index (χ1) is 36.9. The number of pyridine rings is 1. The van der Waals surface area contributed by atoms with Gasteiger partial charge >= 0.3 is 0 Å².